The topological polar surface area (TPSA) is 26.0 Å². The van der Waals surface area contributed by atoms with Crippen molar-refractivity contribution in [2.45, 2.75) is 31.2 Å². The van der Waals surface area contributed by atoms with Gasteiger partial charge in [-0.05, 0) is 18.1 Å². The molecule has 0 aliphatic rings. The summed E-state index contributed by atoms with van der Waals surface area (Å²) in [7, 11) is 0. The summed E-state index contributed by atoms with van der Waals surface area (Å²) < 4.78 is 73.8. The highest BCUT2D eigenvalue weighted by atomic mass is 35.5. The van der Waals surface area contributed by atoms with E-state index in [1.165, 1.54) is 12.1 Å². The molecule has 8 heteroatoms. The lowest BCUT2D eigenvalue weighted by molar-refractivity contribution is -0.139. The van der Waals surface area contributed by atoms with Gasteiger partial charge >= 0.3 is 12.4 Å². The Labute approximate surface area is 112 Å². The van der Waals surface area contributed by atoms with Gasteiger partial charge in [0.25, 0.3) is 0 Å². The molecule has 2 N–H and O–H groups in total. The van der Waals surface area contributed by atoms with Gasteiger partial charge in [-0.2, -0.15) is 26.3 Å². The van der Waals surface area contributed by atoms with Crippen LogP contribution < -0.4 is 5.73 Å². The third kappa shape index (κ3) is 5.69. The first kappa shape index (κ1) is 18.0. The Kier molecular flexibility index (Phi) is 6.15. The monoisotopic (exact) mass is 307 g/mol. The van der Waals surface area contributed by atoms with Gasteiger partial charge in [0.1, 0.15) is 0 Å². The molecule has 0 aliphatic heterocycles. The molecule has 19 heavy (non-hydrogen) atoms. The van der Waals surface area contributed by atoms with Gasteiger partial charge in [0.2, 0.25) is 0 Å². The number of hydrogen-bond donors (Lipinski definition) is 1. The zero-order chi connectivity index (χ0) is 14.0. The maximum atomic E-state index is 12.6. The van der Waals surface area contributed by atoms with Crippen LogP contribution in [0.1, 0.15) is 30.0 Å². The Bertz CT molecular complexity index is 401. The fourth-order valence-electron chi connectivity index (χ4n) is 1.55. The first-order valence-electron chi connectivity index (χ1n) is 5.10. The van der Waals surface area contributed by atoms with E-state index in [0.29, 0.717) is 0 Å². The predicted octanol–water partition coefficient (Wildman–Crippen LogP) is 4.47. The number of benzene rings is 1. The highest BCUT2D eigenvalue weighted by Crippen LogP contribution is 2.36. The van der Waals surface area contributed by atoms with Crippen molar-refractivity contribution in [3.63, 3.8) is 0 Å². The second-order valence-corrected chi connectivity index (χ2v) is 3.85. The first-order chi connectivity index (χ1) is 8.11. The second kappa shape index (κ2) is 6.47. The molecule has 0 aromatic heterocycles. The average molecular weight is 308 g/mol. The molecule has 0 unspecified atom stereocenters. The molecule has 0 heterocycles. The number of rotatable bonds is 3. The Hall–Kier alpha value is -0.950. The Morgan fingerprint density at radius 3 is 2.00 bits per heavy atom. The first-order valence-corrected chi connectivity index (χ1v) is 5.10. The van der Waals surface area contributed by atoms with E-state index in [4.69, 9.17) is 5.73 Å². The van der Waals surface area contributed by atoms with Gasteiger partial charge in [-0.15, -0.1) is 12.4 Å². The van der Waals surface area contributed by atoms with Crippen molar-refractivity contribution >= 4 is 12.4 Å². The van der Waals surface area contributed by atoms with Crippen LogP contribution in [0.15, 0.2) is 24.3 Å². The Morgan fingerprint density at radius 2 is 1.53 bits per heavy atom. The van der Waals surface area contributed by atoms with Crippen LogP contribution in [0.5, 0.6) is 0 Å². The molecule has 0 bridgehead atoms. The summed E-state index contributed by atoms with van der Waals surface area (Å²) in [6, 6.07) is 3.11. The normalized spacial score (nSPS) is 13.8. The van der Waals surface area contributed by atoms with E-state index >= 15 is 0 Å². The van der Waals surface area contributed by atoms with Crippen LogP contribution in [0, 0.1) is 0 Å². The summed E-state index contributed by atoms with van der Waals surface area (Å²) in [4.78, 5) is 0. The molecule has 0 amide bonds. The molecule has 0 aliphatic carbocycles. The van der Waals surface area contributed by atoms with Crippen LogP contribution in [-0.4, -0.2) is 6.18 Å². The van der Waals surface area contributed by atoms with Gasteiger partial charge in [0, 0.05) is 12.5 Å². The molecular formula is C11H12ClF6N. The molecular weight excluding hydrogens is 296 g/mol. The van der Waals surface area contributed by atoms with E-state index in [2.05, 4.69) is 0 Å². The van der Waals surface area contributed by atoms with Crippen molar-refractivity contribution in [2.75, 3.05) is 0 Å². The van der Waals surface area contributed by atoms with Crippen molar-refractivity contribution in [1.29, 1.82) is 0 Å². The number of alkyl halides is 6. The van der Waals surface area contributed by atoms with Crippen LogP contribution in [0.3, 0.4) is 0 Å². The summed E-state index contributed by atoms with van der Waals surface area (Å²) in [5, 5.41) is 0. The Balaban J connectivity index is 0.00000324. The van der Waals surface area contributed by atoms with Crippen molar-refractivity contribution < 1.29 is 26.3 Å². The summed E-state index contributed by atoms with van der Waals surface area (Å²) in [5.74, 6) is 0. The summed E-state index contributed by atoms with van der Waals surface area (Å²) in [5.41, 5.74) is 4.10. The van der Waals surface area contributed by atoms with Gasteiger partial charge in [-0.3, -0.25) is 0 Å². The fourth-order valence-corrected chi connectivity index (χ4v) is 1.55. The predicted molar refractivity (Wildman–Crippen MR) is 60.9 cm³/mol. The molecule has 0 saturated heterocycles. The molecule has 0 spiro atoms. The molecule has 110 valence electrons. The van der Waals surface area contributed by atoms with E-state index < -0.39 is 36.8 Å². The van der Waals surface area contributed by atoms with Crippen molar-refractivity contribution in [1.82, 2.24) is 0 Å². The quantitative estimate of drug-likeness (QED) is 0.819. The third-order valence-corrected chi connectivity index (χ3v) is 2.40. The molecule has 0 saturated carbocycles. The van der Waals surface area contributed by atoms with E-state index in [1.54, 1.807) is 0 Å². The van der Waals surface area contributed by atoms with Gasteiger partial charge in [-0.25, -0.2) is 0 Å². The fraction of sp³-hybridized carbons (Fsp3) is 0.455. The lowest BCUT2D eigenvalue weighted by Gasteiger charge is -2.18. The van der Waals surface area contributed by atoms with Crippen LogP contribution >= 0.6 is 12.4 Å². The van der Waals surface area contributed by atoms with E-state index in [1.807, 2.05) is 0 Å². The largest absolute Gasteiger partial charge is 0.416 e. The van der Waals surface area contributed by atoms with Crippen LogP contribution in [0.25, 0.3) is 0 Å². The molecule has 1 atom stereocenters. The maximum absolute atomic E-state index is 12.6. The van der Waals surface area contributed by atoms with E-state index in [9.17, 15) is 26.3 Å². The van der Waals surface area contributed by atoms with Gasteiger partial charge in [-0.1, -0.05) is 18.2 Å². The average Bonchev–Trinajstić information content (AvgIpc) is 2.24. The zero-order valence-electron chi connectivity index (χ0n) is 9.55. The van der Waals surface area contributed by atoms with Crippen molar-refractivity contribution in [2.24, 2.45) is 5.73 Å². The lowest BCUT2D eigenvalue weighted by Crippen LogP contribution is -2.19. The summed E-state index contributed by atoms with van der Waals surface area (Å²) in [6.07, 6.45) is -10.8. The lowest BCUT2D eigenvalue weighted by atomic mass is 9.97. The number of nitrogens with two attached hydrogens (primary N) is 1. The standard InChI is InChI=1S/C11H11F6N.ClH/c12-10(13,14)6-5-9(18)7-3-1-2-4-8(7)11(15,16)17;/h1-4,9H,5-6,18H2;1H/t9-;/m1./s1. The van der Waals surface area contributed by atoms with Crippen LogP contribution in [0.2, 0.25) is 0 Å². The summed E-state index contributed by atoms with van der Waals surface area (Å²) in [6.45, 7) is 0. The minimum Gasteiger partial charge on any atom is -0.324 e. The molecule has 1 nitrogen and oxygen atoms in total. The molecule has 1 aromatic carbocycles. The van der Waals surface area contributed by atoms with Gasteiger partial charge < -0.3 is 5.73 Å². The third-order valence-electron chi connectivity index (χ3n) is 2.40. The van der Waals surface area contributed by atoms with Crippen LogP contribution in [-0.2, 0) is 6.18 Å². The highest BCUT2D eigenvalue weighted by Gasteiger charge is 2.35. The SMILES string of the molecule is Cl.N[C@H](CCC(F)(F)F)c1ccccc1C(F)(F)F. The minimum atomic E-state index is -4.62. The van der Waals surface area contributed by atoms with Crippen molar-refractivity contribution in [3.8, 4) is 0 Å². The number of halogens is 7. The molecule has 0 radical (unpaired) electrons. The van der Waals surface area contributed by atoms with Crippen LogP contribution in [0.4, 0.5) is 26.3 Å². The van der Waals surface area contributed by atoms with E-state index in [0.717, 1.165) is 12.1 Å². The van der Waals surface area contributed by atoms with Gasteiger partial charge in [0.15, 0.2) is 0 Å². The molecule has 0 fully saturated rings. The second-order valence-electron chi connectivity index (χ2n) is 3.85. The van der Waals surface area contributed by atoms with E-state index in [-0.39, 0.29) is 18.0 Å². The smallest absolute Gasteiger partial charge is 0.324 e. The van der Waals surface area contributed by atoms with Crippen molar-refractivity contribution in [3.05, 3.63) is 35.4 Å². The maximum Gasteiger partial charge on any atom is 0.416 e. The molecule has 1 aromatic rings. The zero-order valence-corrected chi connectivity index (χ0v) is 10.4. The molecule has 1 rings (SSSR count). The van der Waals surface area contributed by atoms with Gasteiger partial charge in [0.05, 0.1) is 5.56 Å². The highest BCUT2D eigenvalue weighted by molar-refractivity contribution is 5.85. The summed E-state index contributed by atoms with van der Waals surface area (Å²) >= 11 is 0. The number of hydrogen-bond acceptors (Lipinski definition) is 1. The minimum absolute atomic E-state index is 0. The Morgan fingerprint density at radius 1 is 1.00 bits per heavy atom.